The maximum absolute atomic E-state index is 9.32. The third-order valence-electron chi connectivity index (χ3n) is 13.0. The fourth-order valence-corrected chi connectivity index (χ4v) is 9.40. The quantitative estimate of drug-likeness (QED) is 0.101. The van der Waals surface area contributed by atoms with Gasteiger partial charge in [-0.05, 0) is 109 Å². The van der Waals surface area contributed by atoms with Crippen LogP contribution in [0.3, 0.4) is 0 Å². The Morgan fingerprint density at radius 2 is 1.32 bits per heavy atom. The van der Waals surface area contributed by atoms with Crippen molar-refractivity contribution in [2.24, 2.45) is 5.92 Å². The number of imidazole rings is 1. The van der Waals surface area contributed by atoms with E-state index < -0.39 is 24.5 Å². The van der Waals surface area contributed by atoms with Crippen molar-refractivity contribution in [2.45, 2.75) is 72.6 Å². The van der Waals surface area contributed by atoms with Crippen molar-refractivity contribution >= 4 is 32.8 Å². The van der Waals surface area contributed by atoms with Crippen molar-refractivity contribution in [3.8, 4) is 62.1 Å². The molecule has 3 aromatic heterocycles. The molecule has 11 rings (SSSR count). The molecule has 0 radical (unpaired) electrons. The first-order valence-corrected chi connectivity index (χ1v) is 24.2. The van der Waals surface area contributed by atoms with Crippen molar-refractivity contribution in [3.05, 3.63) is 223 Å². The number of rotatable bonds is 10. The van der Waals surface area contributed by atoms with E-state index in [0.29, 0.717) is 39.8 Å². The largest absolute Gasteiger partial charge is 0.510 e. The zero-order valence-electron chi connectivity index (χ0n) is 48.6. The van der Waals surface area contributed by atoms with Gasteiger partial charge in [0.1, 0.15) is 5.82 Å². The summed E-state index contributed by atoms with van der Waals surface area (Å²) >= 11 is 0. The number of aromatic nitrogens is 4. The van der Waals surface area contributed by atoms with Gasteiger partial charge < -0.3 is 13.9 Å². The smallest absolute Gasteiger partial charge is 0.268 e. The molecule has 0 fully saturated rings. The monoisotopic (exact) mass is 1120 g/mol. The SMILES string of the molecule is [2H]c1c([2H])c([2H])c(-c2cccc(-c3cc(C(C)(C)C)cc(C(C)(C)C)c3)c2-[n+]2[c-]n(-c3[c-]c(Oc4[c-]c5c(cc4)c4ccccc4n5-c4cc(C([2H])([2H])C(C)C)ccn4)ccc3)c3cc(-c4ccccc4)ccc32)c([2H])c1[2H].[Pt]. The molecule has 3 heterocycles. The van der Waals surface area contributed by atoms with Crippen molar-refractivity contribution in [1.29, 1.82) is 0 Å². The molecule has 0 aliphatic heterocycles. The van der Waals surface area contributed by atoms with Crippen LogP contribution in [0.2, 0.25) is 0 Å². The van der Waals surface area contributed by atoms with Gasteiger partial charge in [0.2, 0.25) is 0 Å². The number of hydrogen-bond acceptors (Lipinski definition) is 2. The summed E-state index contributed by atoms with van der Waals surface area (Å²) in [6.45, 7) is 16.9. The van der Waals surface area contributed by atoms with Gasteiger partial charge in [-0.25, -0.2) is 4.98 Å². The van der Waals surface area contributed by atoms with Gasteiger partial charge in [-0.1, -0.05) is 188 Å². The summed E-state index contributed by atoms with van der Waals surface area (Å²) in [5.74, 6) is 1.15. The fourth-order valence-electron chi connectivity index (χ4n) is 9.40. The summed E-state index contributed by atoms with van der Waals surface area (Å²) in [5, 5.41) is 1.93. The molecule has 0 amide bonds. The van der Waals surface area contributed by atoms with E-state index in [0.717, 1.165) is 66.2 Å². The third kappa shape index (κ3) is 9.35. The van der Waals surface area contributed by atoms with Crippen LogP contribution in [0, 0.1) is 24.4 Å². The van der Waals surface area contributed by atoms with E-state index in [1.54, 1.807) is 12.3 Å². The second-order valence-electron chi connectivity index (χ2n) is 20.5. The first kappa shape index (κ1) is 40.3. The summed E-state index contributed by atoms with van der Waals surface area (Å²) < 4.78 is 75.2. The Labute approximate surface area is 448 Å². The summed E-state index contributed by atoms with van der Waals surface area (Å²) in [4.78, 5) is 4.76. The van der Waals surface area contributed by atoms with Gasteiger partial charge in [0, 0.05) is 47.0 Å². The van der Waals surface area contributed by atoms with E-state index in [-0.39, 0.29) is 55.5 Å². The third-order valence-corrected chi connectivity index (χ3v) is 13.0. The van der Waals surface area contributed by atoms with Gasteiger partial charge in [0.05, 0.1) is 23.6 Å². The summed E-state index contributed by atoms with van der Waals surface area (Å²) in [6, 6.07) is 55.2. The molecule has 0 atom stereocenters. The maximum Gasteiger partial charge on any atom is 0.268 e. The molecule has 8 aromatic carbocycles. The first-order chi connectivity index (χ1) is 37.1. The van der Waals surface area contributed by atoms with Crippen LogP contribution < -0.4 is 9.30 Å². The van der Waals surface area contributed by atoms with Crippen LogP contribution >= 0.6 is 0 Å². The zero-order valence-corrected chi connectivity index (χ0v) is 43.9. The first-order valence-electron chi connectivity index (χ1n) is 27.7. The number of benzene rings is 8. The normalized spacial score (nSPS) is 13.5. The van der Waals surface area contributed by atoms with E-state index in [1.807, 2.05) is 125 Å². The van der Waals surface area contributed by atoms with E-state index >= 15 is 0 Å². The molecule has 6 heteroatoms. The number of pyridine rings is 1. The average Bonchev–Trinajstić information content (AvgIpc) is 4.03. The van der Waals surface area contributed by atoms with Gasteiger partial charge in [0.15, 0.2) is 0 Å². The summed E-state index contributed by atoms with van der Waals surface area (Å²) in [5.41, 5.74) is 10.9. The van der Waals surface area contributed by atoms with Crippen molar-refractivity contribution in [2.75, 3.05) is 0 Å². The predicted octanol–water partition coefficient (Wildman–Crippen LogP) is 16.4. The van der Waals surface area contributed by atoms with Gasteiger partial charge in [0.25, 0.3) is 6.33 Å². The number of fused-ring (bicyclic) bond motifs is 4. The summed E-state index contributed by atoms with van der Waals surface area (Å²) in [6.07, 6.45) is 3.79. The van der Waals surface area contributed by atoms with Crippen LogP contribution in [0.25, 0.3) is 83.4 Å². The van der Waals surface area contributed by atoms with Crippen LogP contribution in [0.15, 0.2) is 188 Å². The van der Waals surface area contributed by atoms with Crippen LogP contribution in [-0.4, -0.2) is 14.1 Å². The van der Waals surface area contributed by atoms with Gasteiger partial charge >= 0.3 is 0 Å². The Hall–Kier alpha value is -7.33. The van der Waals surface area contributed by atoms with Gasteiger partial charge in [-0.15, -0.1) is 29.7 Å². The molecular formula is C66H58N4OPt-2. The Bertz CT molecular complexity index is 4110. The number of nitrogens with zero attached hydrogens (tertiary/aromatic N) is 4. The molecule has 0 saturated carbocycles. The van der Waals surface area contributed by atoms with Crippen molar-refractivity contribution < 1.29 is 40.0 Å². The second-order valence-corrected chi connectivity index (χ2v) is 20.5. The van der Waals surface area contributed by atoms with E-state index in [1.165, 1.54) is 0 Å². The summed E-state index contributed by atoms with van der Waals surface area (Å²) in [7, 11) is 0. The maximum atomic E-state index is 9.32. The molecule has 11 aromatic rings. The Morgan fingerprint density at radius 3 is 2.06 bits per heavy atom. The zero-order chi connectivity index (χ0) is 55.2. The van der Waals surface area contributed by atoms with E-state index in [9.17, 15) is 2.74 Å². The molecule has 0 bridgehead atoms. The topological polar surface area (TPSA) is 35.9 Å². The van der Waals surface area contributed by atoms with Crippen molar-refractivity contribution in [1.82, 2.24) is 14.1 Å². The number of ether oxygens (including phenoxy) is 1. The van der Waals surface area contributed by atoms with Crippen LogP contribution in [0.5, 0.6) is 11.5 Å². The molecular weight excluding hydrogens is 1060 g/mol. The Balaban J connectivity index is 0.00000704. The molecule has 0 aliphatic rings. The van der Waals surface area contributed by atoms with Crippen LogP contribution in [0.1, 0.15) is 81.7 Å². The molecule has 0 saturated heterocycles. The fraction of sp³-hybridized carbons (Fsp3) is 0.182. The predicted molar refractivity (Wildman–Crippen MR) is 292 cm³/mol. The minimum atomic E-state index is -1.58. The van der Waals surface area contributed by atoms with E-state index in [2.05, 4.69) is 109 Å². The minimum absolute atomic E-state index is 0. The molecule has 0 aliphatic carbocycles. The van der Waals surface area contributed by atoms with Gasteiger partial charge in [-0.2, -0.15) is 18.2 Å². The Kier molecular flexibility index (Phi) is 10.8. The second kappa shape index (κ2) is 19.4. The molecule has 0 N–H and O–H groups in total. The van der Waals surface area contributed by atoms with Crippen LogP contribution in [0.4, 0.5) is 0 Å². The minimum Gasteiger partial charge on any atom is -0.510 e. The van der Waals surface area contributed by atoms with E-state index in [4.69, 9.17) is 16.6 Å². The molecule has 0 unspecified atom stereocenters. The number of hydrogen-bond donors (Lipinski definition) is 0. The van der Waals surface area contributed by atoms with Crippen LogP contribution in [-0.2, 0) is 38.3 Å². The molecule has 5 nitrogen and oxygen atoms in total. The average molecular weight is 1130 g/mol. The Morgan fingerprint density at radius 1 is 0.625 bits per heavy atom. The molecule has 360 valence electrons. The van der Waals surface area contributed by atoms with Crippen molar-refractivity contribution in [3.63, 3.8) is 0 Å². The molecule has 72 heavy (non-hydrogen) atoms. The standard InChI is InChI=1S/C66H58N4O.Pt/c1-44(2)35-45-33-34-67-63(36-45)70-59-28-16-15-25-57(59)58-31-30-54(42-61(58)70)71-53-24-17-23-52(41-53)68-43-69(60-32-29-48(39-62(60)68)46-19-11-9-12-20-46)64-55(47-21-13-10-14-22-47)26-18-27-56(64)49-37-50(65(3,4)5)40-51(38-49)66(6,7)8;/h9-34,36-40,44H,35H2,1-8H3;/q-2;/i10D,13D,14D,21D,22D,35D2;. The van der Waals surface area contributed by atoms with Gasteiger partial charge in [-0.3, -0.25) is 4.57 Å². The number of para-hydroxylation sites is 2. The molecule has 0 spiro atoms.